The smallest absolute Gasteiger partial charge is 0.308 e. The normalized spacial score (nSPS) is 12.5. The highest BCUT2D eigenvalue weighted by molar-refractivity contribution is 5.72. The van der Waals surface area contributed by atoms with Crippen LogP contribution < -0.4 is 0 Å². The molecule has 2 unspecified atom stereocenters. The molecule has 6 heteroatoms. The van der Waals surface area contributed by atoms with E-state index < -0.39 is 0 Å². The molecule has 2 atom stereocenters. The van der Waals surface area contributed by atoms with Gasteiger partial charge in [0.25, 0.3) is 0 Å². The van der Waals surface area contributed by atoms with Crippen LogP contribution >= 0.6 is 0 Å². The summed E-state index contributed by atoms with van der Waals surface area (Å²) in [7, 11) is 0. The van der Waals surface area contributed by atoms with Crippen LogP contribution in [-0.2, 0) is 19.1 Å². The van der Waals surface area contributed by atoms with Crippen molar-refractivity contribution in [3.63, 3.8) is 0 Å². The van der Waals surface area contributed by atoms with Gasteiger partial charge in [0, 0.05) is 6.61 Å². The van der Waals surface area contributed by atoms with Gasteiger partial charge in [-0.25, -0.2) is 0 Å². The Morgan fingerprint density at radius 2 is 0.507 bits per heavy atom. The van der Waals surface area contributed by atoms with Crippen molar-refractivity contribution in [1.82, 2.24) is 4.90 Å². The van der Waals surface area contributed by atoms with E-state index in [0.717, 1.165) is 110 Å². The molecule has 71 heavy (non-hydrogen) atoms. The number of aliphatic hydroxyl groups is 1. The van der Waals surface area contributed by atoms with Crippen LogP contribution in [0.3, 0.4) is 0 Å². The summed E-state index contributed by atoms with van der Waals surface area (Å²) < 4.78 is 11.9. The maximum absolute atomic E-state index is 13.4. The van der Waals surface area contributed by atoms with Gasteiger partial charge in [-0.3, -0.25) is 9.59 Å². The lowest BCUT2D eigenvalue weighted by atomic mass is 9.94. The predicted molar refractivity (Wildman–Crippen MR) is 311 cm³/mol. The van der Waals surface area contributed by atoms with Crippen molar-refractivity contribution in [3.05, 3.63) is 0 Å². The van der Waals surface area contributed by atoms with Gasteiger partial charge in [-0.15, -0.1) is 0 Å². The molecule has 0 spiro atoms. The lowest BCUT2D eigenvalue weighted by molar-refractivity contribution is -0.150. The number of ether oxygens (including phenoxy) is 2. The Bertz CT molecular complexity index is 1040. The Labute approximate surface area is 445 Å². The topological polar surface area (TPSA) is 76.1 Å². The Morgan fingerprint density at radius 3 is 0.761 bits per heavy atom. The number of hydrogen-bond acceptors (Lipinski definition) is 6. The average molecular weight is 1000 g/mol. The Morgan fingerprint density at radius 1 is 0.296 bits per heavy atom. The summed E-state index contributed by atoms with van der Waals surface area (Å²) in [6, 6.07) is 0. The summed E-state index contributed by atoms with van der Waals surface area (Å²) in [6.07, 6.45) is 63.7. The van der Waals surface area contributed by atoms with Crippen LogP contribution in [0, 0.1) is 11.8 Å². The van der Waals surface area contributed by atoms with Crippen LogP contribution in [0.5, 0.6) is 0 Å². The van der Waals surface area contributed by atoms with Crippen molar-refractivity contribution < 1.29 is 24.2 Å². The minimum absolute atomic E-state index is 0.0743. The molecule has 0 aliphatic rings. The molecule has 0 aromatic rings. The molecule has 6 nitrogen and oxygen atoms in total. The molecule has 0 aromatic heterocycles. The molecule has 1 N–H and O–H groups in total. The van der Waals surface area contributed by atoms with E-state index in [1.807, 2.05) is 0 Å². The van der Waals surface area contributed by atoms with Gasteiger partial charge in [-0.1, -0.05) is 291 Å². The van der Waals surface area contributed by atoms with Gasteiger partial charge in [-0.05, 0) is 83.8 Å². The Kier molecular flexibility index (Phi) is 58.8. The molecule has 0 aliphatic carbocycles. The second-order valence-corrected chi connectivity index (χ2v) is 22.7. The second-order valence-electron chi connectivity index (χ2n) is 22.7. The van der Waals surface area contributed by atoms with E-state index in [1.54, 1.807) is 0 Å². The highest BCUT2D eigenvalue weighted by Crippen LogP contribution is 2.24. The fourth-order valence-electron chi connectivity index (χ4n) is 10.7. The van der Waals surface area contributed by atoms with Crippen LogP contribution in [0.2, 0.25) is 0 Å². The molecule has 0 aromatic carbocycles. The summed E-state index contributed by atoms with van der Waals surface area (Å²) >= 11 is 0. The molecule has 0 saturated carbocycles. The molecular weight excluding hydrogens is 875 g/mol. The molecule has 0 aliphatic heterocycles. The number of esters is 2. The van der Waals surface area contributed by atoms with Gasteiger partial charge in [0.1, 0.15) is 0 Å². The largest absolute Gasteiger partial charge is 0.465 e. The van der Waals surface area contributed by atoms with Gasteiger partial charge < -0.3 is 19.5 Å². The number of unbranched alkanes of at least 4 members (excludes halogenated alkanes) is 40. The third-order valence-corrected chi connectivity index (χ3v) is 15.6. The second kappa shape index (κ2) is 59.7. The summed E-state index contributed by atoms with van der Waals surface area (Å²) in [4.78, 5) is 29.3. The van der Waals surface area contributed by atoms with Crippen molar-refractivity contribution in [2.24, 2.45) is 11.8 Å². The van der Waals surface area contributed by atoms with Gasteiger partial charge in [0.05, 0.1) is 25.0 Å². The van der Waals surface area contributed by atoms with Crippen LogP contribution in [0.15, 0.2) is 0 Å². The van der Waals surface area contributed by atoms with E-state index in [2.05, 4.69) is 32.6 Å². The van der Waals surface area contributed by atoms with E-state index >= 15 is 0 Å². The fraction of sp³-hybridized carbons (Fsp3) is 0.969. The molecule has 0 amide bonds. The molecule has 0 fully saturated rings. The van der Waals surface area contributed by atoms with E-state index in [-0.39, 0.29) is 30.4 Å². The standard InChI is InChI=1S/C65H129NO5/c1-5-9-13-17-21-25-28-32-36-44-54-62(52-42-34-30-24-20-16-12-8-4)64(68)70-60-50-40-38-46-56-66(58-48-49-59-67)57-47-39-41-51-61-71-65(69)63(53-43-35-31-27-23-19-15-11-7-3)55-45-37-33-29-26-22-18-14-10-6-2/h62-63,67H,5-61H2,1-4H3. The quantitative estimate of drug-likeness (QED) is 0.0483. The predicted octanol–water partition coefficient (Wildman–Crippen LogP) is 20.6. The summed E-state index contributed by atoms with van der Waals surface area (Å²) in [5.41, 5.74) is 0. The fourth-order valence-corrected chi connectivity index (χ4v) is 10.7. The number of hydrogen-bond donors (Lipinski definition) is 1. The average Bonchev–Trinajstić information content (AvgIpc) is 3.37. The first-order valence-electron chi connectivity index (χ1n) is 32.7. The van der Waals surface area contributed by atoms with E-state index in [9.17, 15) is 14.7 Å². The zero-order valence-corrected chi connectivity index (χ0v) is 49.0. The molecule has 0 rings (SSSR count). The lowest BCUT2D eigenvalue weighted by Gasteiger charge is -2.22. The maximum Gasteiger partial charge on any atom is 0.308 e. The summed E-state index contributed by atoms with van der Waals surface area (Å²) in [5.74, 6) is 0.320. The first-order valence-corrected chi connectivity index (χ1v) is 32.7. The highest BCUT2D eigenvalue weighted by Gasteiger charge is 2.21. The van der Waals surface area contributed by atoms with Crippen molar-refractivity contribution >= 4 is 11.9 Å². The monoisotopic (exact) mass is 1000 g/mol. The maximum atomic E-state index is 13.4. The first kappa shape index (κ1) is 69.9. The number of aliphatic hydroxyl groups excluding tert-OH is 1. The zero-order chi connectivity index (χ0) is 51.6. The van der Waals surface area contributed by atoms with Crippen LogP contribution in [0.25, 0.3) is 0 Å². The van der Waals surface area contributed by atoms with Crippen molar-refractivity contribution in [3.8, 4) is 0 Å². The van der Waals surface area contributed by atoms with Crippen molar-refractivity contribution in [2.45, 2.75) is 355 Å². The van der Waals surface area contributed by atoms with Crippen molar-refractivity contribution in [1.29, 1.82) is 0 Å². The molecule has 0 radical (unpaired) electrons. The van der Waals surface area contributed by atoms with Crippen LogP contribution in [0.4, 0.5) is 0 Å². The molecule has 0 saturated heterocycles. The van der Waals surface area contributed by atoms with Crippen molar-refractivity contribution in [2.75, 3.05) is 39.5 Å². The first-order chi connectivity index (χ1) is 35.0. The minimum atomic E-state index is 0.0743. The number of rotatable bonds is 61. The van der Waals surface area contributed by atoms with E-state index in [1.165, 1.54) is 238 Å². The molecular formula is C65H129NO5. The van der Waals surface area contributed by atoms with E-state index in [4.69, 9.17) is 9.47 Å². The van der Waals surface area contributed by atoms with Gasteiger partial charge in [0.15, 0.2) is 0 Å². The summed E-state index contributed by atoms with van der Waals surface area (Å²) in [5, 5.41) is 9.45. The minimum Gasteiger partial charge on any atom is -0.465 e. The Hall–Kier alpha value is -1.14. The molecule has 0 heterocycles. The third-order valence-electron chi connectivity index (χ3n) is 15.6. The summed E-state index contributed by atoms with van der Waals surface area (Å²) in [6.45, 7) is 13.8. The van der Waals surface area contributed by atoms with Gasteiger partial charge in [0.2, 0.25) is 0 Å². The van der Waals surface area contributed by atoms with Crippen LogP contribution in [-0.4, -0.2) is 61.4 Å². The van der Waals surface area contributed by atoms with Gasteiger partial charge in [-0.2, -0.15) is 0 Å². The molecule has 0 bridgehead atoms. The van der Waals surface area contributed by atoms with Gasteiger partial charge >= 0.3 is 11.9 Å². The van der Waals surface area contributed by atoms with Crippen LogP contribution in [0.1, 0.15) is 355 Å². The highest BCUT2D eigenvalue weighted by atomic mass is 16.5. The molecule has 424 valence electrons. The van der Waals surface area contributed by atoms with E-state index in [0.29, 0.717) is 13.2 Å². The third kappa shape index (κ3) is 52.1. The Balaban J connectivity index is 4.60. The SMILES string of the molecule is CCCCCCCCCCCCC(CCCCCCCCCC)C(=O)OCCCCCCN(CCCCO)CCCCCCOC(=O)C(CCCCCCCCCCC)CCCCCCCCCCCC. The lowest BCUT2D eigenvalue weighted by Crippen LogP contribution is -2.27. The number of carbonyl (C=O) groups is 2. The number of carbonyl (C=O) groups excluding carboxylic acids is 2. The number of nitrogens with zero attached hydrogens (tertiary/aromatic N) is 1. The zero-order valence-electron chi connectivity index (χ0n) is 49.0.